The highest BCUT2D eigenvalue weighted by Crippen LogP contribution is 2.64. The molecule has 2 aliphatic rings. The Labute approximate surface area is 129 Å². The van der Waals surface area contributed by atoms with Gasteiger partial charge in [-0.1, -0.05) is 36.4 Å². The first-order chi connectivity index (χ1) is 10.7. The number of benzene rings is 2. The molecule has 1 spiro atoms. The zero-order chi connectivity index (χ0) is 15.2. The molecule has 0 bridgehead atoms. The van der Waals surface area contributed by atoms with Crippen molar-refractivity contribution >= 4 is 0 Å². The summed E-state index contributed by atoms with van der Waals surface area (Å²) in [5, 5.41) is 0. The predicted octanol–water partition coefficient (Wildman–Crippen LogP) is 4.34. The first-order valence-electron chi connectivity index (χ1n) is 7.88. The summed E-state index contributed by atoms with van der Waals surface area (Å²) in [7, 11) is 0. The van der Waals surface area contributed by atoms with Crippen LogP contribution in [0.4, 0.5) is 8.78 Å². The van der Waals surface area contributed by atoms with Gasteiger partial charge in [0.1, 0.15) is 11.6 Å². The molecule has 0 N–H and O–H groups in total. The summed E-state index contributed by atoms with van der Waals surface area (Å²) >= 11 is 0. The van der Waals surface area contributed by atoms with Crippen molar-refractivity contribution in [1.29, 1.82) is 0 Å². The van der Waals surface area contributed by atoms with Gasteiger partial charge in [0.05, 0.1) is 0 Å². The van der Waals surface area contributed by atoms with Crippen molar-refractivity contribution in [3.05, 3.63) is 71.3 Å². The topological polar surface area (TPSA) is 3.24 Å². The molecule has 1 aliphatic heterocycles. The average molecular weight is 299 g/mol. The quantitative estimate of drug-likeness (QED) is 0.814. The fourth-order valence-corrected chi connectivity index (χ4v) is 3.98. The average Bonchev–Trinajstić information content (AvgIpc) is 3.04. The standard InChI is InChI=1S/C19H19F2N/c20-15-6-7-16(18(21)10-15)17-11-19(17)8-9-22(13-19)12-14-4-2-1-3-5-14/h1-7,10,17H,8-9,11-13H2/t17-,19-/m0/s1. The molecule has 4 rings (SSSR count). The van der Waals surface area contributed by atoms with Crippen LogP contribution in [0.25, 0.3) is 0 Å². The van der Waals surface area contributed by atoms with Crippen LogP contribution in [-0.2, 0) is 6.54 Å². The lowest BCUT2D eigenvalue weighted by Gasteiger charge is -2.16. The van der Waals surface area contributed by atoms with Crippen LogP contribution in [0.3, 0.4) is 0 Å². The molecule has 2 atom stereocenters. The Morgan fingerprint density at radius 3 is 2.68 bits per heavy atom. The SMILES string of the molecule is Fc1ccc([C@@H]2C[C@]23CCN(Cc2ccccc2)C3)c(F)c1. The van der Waals surface area contributed by atoms with Gasteiger partial charge in [-0.2, -0.15) is 0 Å². The maximum atomic E-state index is 14.0. The Balaban J connectivity index is 1.45. The molecule has 1 saturated carbocycles. The molecule has 1 saturated heterocycles. The smallest absolute Gasteiger partial charge is 0.129 e. The van der Waals surface area contributed by atoms with Crippen LogP contribution in [0, 0.1) is 17.0 Å². The summed E-state index contributed by atoms with van der Waals surface area (Å²) in [5.41, 5.74) is 2.24. The molecule has 1 aliphatic carbocycles. The van der Waals surface area contributed by atoms with Gasteiger partial charge < -0.3 is 0 Å². The summed E-state index contributed by atoms with van der Waals surface area (Å²) in [6.45, 7) is 3.04. The van der Waals surface area contributed by atoms with Crippen molar-refractivity contribution in [3.8, 4) is 0 Å². The highest BCUT2D eigenvalue weighted by Gasteiger charge is 2.58. The van der Waals surface area contributed by atoms with E-state index in [1.807, 2.05) is 6.07 Å². The van der Waals surface area contributed by atoms with E-state index in [0.29, 0.717) is 5.56 Å². The number of halogens is 2. The van der Waals surface area contributed by atoms with E-state index in [4.69, 9.17) is 0 Å². The summed E-state index contributed by atoms with van der Waals surface area (Å²) in [6.07, 6.45) is 2.14. The third kappa shape index (κ3) is 2.44. The molecule has 0 radical (unpaired) electrons. The summed E-state index contributed by atoms with van der Waals surface area (Å²) in [6, 6.07) is 14.5. The molecule has 0 aromatic heterocycles. The molecule has 0 amide bonds. The van der Waals surface area contributed by atoms with Crippen molar-refractivity contribution < 1.29 is 8.78 Å². The second-order valence-electron chi connectivity index (χ2n) is 6.73. The molecule has 3 heteroatoms. The first-order valence-corrected chi connectivity index (χ1v) is 7.88. The van der Waals surface area contributed by atoms with E-state index in [2.05, 4.69) is 29.2 Å². The van der Waals surface area contributed by atoms with E-state index in [1.54, 1.807) is 6.07 Å². The minimum atomic E-state index is -0.493. The van der Waals surface area contributed by atoms with Gasteiger partial charge in [-0.25, -0.2) is 8.78 Å². The highest BCUT2D eigenvalue weighted by molar-refractivity contribution is 5.33. The Bertz CT molecular complexity index is 685. The fraction of sp³-hybridized carbons (Fsp3) is 0.368. The third-order valence-electron chi connectivity index (χ3n) is 5.24. The zero-order valence-corrected chi connectivity index (χ0v) is 12.4. The molecule has 114 valence electrons. The minimum Gasteiger partial charge on any atom is -0.298 e. The monoisotopic (exact) mass is 299 g/mol. The lowest BCUT2D eigenvalue weighted by molar-refractivity contribution is 0.310. The summed E-state index contributed by atoms with van der Waals surface area (Å²) in [4.78, 5) is 2.46. The number of likely N-dealkylation sites (tertiary alicyclic amines) is 1. The minimum absolute atomic E-state index is 0.216. The molecule has 2 aromatic rings. The van der Waals surface area contributed by atoms with Crippen molar-refractivity contribution in [1.82, 2.24) is 4.90 Å². The Hall–Kier alpha value is -1.74. The number of hydrogen-bond acceptors (Lipinski definition) is 1. The van der Waals surface area contributed by atoms with Gasteiger partial charge >= 0.3 is 0 Å². The van der Waals surface area contributed by atoms with Crippen LogP contribution in [-0.4, -0.2) is 18.0 Å². The number of hydrogen-bond donors (Lipinski definition) is 0. The van der Waals surface area contributed by atoms with Gasteiger partial charge in [-0.3, -0.25) is 4.90 Å². The second kappa shape index (κ2) is 5.17. The zero-order valence-electron chi connectivity index (χ0n) is 12.4. The van der Waals surface area contributed by atoms with Crippen molar-refractivity contribution in [2.45, 2.75) is 25.3 Å². The fourth-order valence-electron chi connectivity index (χ4n) is 3.98. The summed E-state index contributed by atoms with van der Waals surface area (Å²) in [5.74, 6) is -0.620. The van der Waals surface area contributed by atoms with E-state index < -0.39 is 5.82 Å². The second-order valence-corrected chi connectivity index (χ2v) is 6.73. The lowest BCUT2D eigenvalue weighted by Crippen LogP contribution is -2.20. The van der Waals surface area contributed by atoms with E-state index in [1.165, 1.54) is 11.6 Å². The van der Waals surface area contributed by atoms with Gasteiger partial charge in [0, 0.05) is 19.2 Å². The van der Waals surface area contributed by atoms with Gasteiger partial charge in [0.15, 0.2) is 0 Å². The molecule has 22 heavy (non-hydrogen) atoms. The number of rotatable bonds is 3. The van der Waals surface area contributed by atoms with Gasteiger partial charge in [0.25, 0.3) is 0 Å². The van der Waals surface area contributed by atoms with Crippen LogP contribution >= 0.6 is 0 Å². The molecule has 2 aromatic carbocycles. The van der Waals surface area contributed by atoms with E-state index in [0.717, 1.165) is 38.5 Å². The molecule has 0 unspecified atom stereocenters. The van der Waals surface area contributed by atoms with E-state index in [9.17, 15) is 8.78 Å². The Morgan fingerprint density at radius 2 is 1.91 bits per heavy atom. The van der Waals surface area contributed by atoms with Gasteiger partial charge in [-0.05, 0) is 47.9 Å². The lowest BCUT2D eigenvalue weighted by atomic mass is 9.98. The summed E-state index contributed by atoms with van der Waals surface area (Å²) < 4.78 is 27.0. The Kier molecular flexibility index (Phi) is 3.26. The number of nitrogens with zero attached hydrogens (tertiary/aromatic N) is 1. The normalized spacial score (nSPS) is 27.5. The highest BCUT2D eigenvalue weighted by atomic mass is 19.1. The van der Waals surface area contributed by atoms with Crippen molar-refractivity contribution in [2.24, 2.45) is 5.41 Å². The van der Waals surface area contributed by atoms with Crippen molar-refractivity contribution in [2.75, 3.05) is 13.1 Å². The van der Waals surface area contributed by atoms with Gasteiger partial charge in [0.2, 0.25) is 0 Å². The largest absolute Gasteiger partial charge is 0.298 e. The molecule has 1 heterocycles. The van der Waals surface area contributed by atoms with Crippen LogP contribution in [0.1, 0.15) is 29.9 Å². The van der Waals surface area contributed by atoms with Crippen LogP contribution < -0.4 is 0 Å². The maximum absolute atomic E-state index is 14.0. The van der Waals surface area contributed by atoms with Gasteiger partial charge in [-0.15, -0.1) is 0 Å². The molecular formula is C19H19F2N. The van der Waals surface area contributed by atoms with Crippen LogP contribution in [0.5, 0.6) is 0 Å². The molecule has 2 fully saturated rings. The maximum Gasteiger partial charge on any atom is 0.129 e. The molecule has 1 nitrogen and oxygen atoms in total. The van der Waals surface area contributed by atoms with E-state index >= 15 is 0 Å². The van der Waals surface area contributed by atoms with Crippen molar-refractivity contribution in [3.63, 3.8) is 0 Å². The van der Waals surface area contributed by atoms with E-state index in [-0.39, 0.29) is 17.2 Å². The van der Waals surface area contributed by atoms with Crippen LogP contribution in [0.2, 0.25) is 0 Å². The molecular weight excluding hydrogens is 280 g/mol. The third-order valence-corrected chi connectivity index (χ3v) is 5.24. The Morgan fingerprint density at radius 1 is 1.09 bits per heavy atom. The predicted molar refractivity (Wildman–Crippen MR) is 82.5 cm³/mol. The van der Waals surface area contributed by atoms with Crippen LogP contribution in [0.15, 0.2) is 48.5 Å². The first kappa shape index (κ1) is 13.9.